The molecule has 2 amide bonds. The lowest BCUT2D eigenvalue weighted by atomic mass is 9.96. The van der Waals surface area contributed by atoms with E-state index in [0.29, 0.717) is 12.6 Å². The number of carbonyl (C=O) groups is 1. The molecule has 1 fully saturated rings. The Morgan fingerprint density at radius 2 is 2.08 bits per heavy atom. The Kier molecular flexibility index (Phi) is 5.61. The molecule has 0 saturated heterocycles. The molecule has 1 aliphatic heterocycles. The molecule has 0 bridgehead atoms. The van der Waals surface area contributed by atoms with Crippen LogP contribution >= 0.6 is 0 Å². The summed E-state index contributed by atoms with van der Waals surface area (Å²) in [5, 5.41) is 6.17. The molecule has 0 spiro atoms. The van der Waals surface area contributed by atoms with Crippen molar-refractivity contribution in [2.24, 2.45) is 0 Å². The molecule has 1 aromatic rings. The number of fused-ring (bicyclic) bond motifs is 1. The van der Waals surface area contributed by atoms with Gasteiger partial charge in [0.05, 0.1) is 12.6 Å². The van der Waals surface area contributed by atoms with Crippen LogP contribution in [0, 0.1) is 0 Å². The molecule has 1 aromatic carbocycles. The first-order valence-electron chi connectivity index (χ1n) is 9.10. The van der Waals surface area contributed by atoms with Gasteiger partial charge in [-0.25, -0.2) is 4.79 Å². The van der Waals surface area contributed by atoms with Crippen molar-refractivity contribution in [3.8, 4) is 5.75 Å². The van der Waals surface area contributed by atoms with E-state index in [1.165, 1.54) is 30.4 Å². The molecular weight excluding hydrogens is 302 g/mol. The van der Waals surface area contributed by atoms with Crippen molar-refractivity contribution in [1.29, 1.82) is 0 Å². The van der Waals surface area contributed by atoms with Gasteiger partial charge in [0.15, 0.2) is 0 Å². The Morgan fingerprint density at radius 3 is 2.83 bits per heavy atom. The molecule has 1 unspecified atom stereocenters. The highest BCUT2D eigenvalue weighted by Crippen LogP contribution is 2.29. The maximum absolute atomic E-state index is 12.2. The first kappa shape index (κ1) is 17.1. The van der Waals surface area contributed by atoms with Crippen LogP contribution in [0.25, 0.3) is 0 Å². The summed E-state index contributed by atoms with van der Waals surface area (Å²) in [7, 11) is 4.10. The second-order valence-corrected chi connectivity index (χ2v) is 7.13. The van der Waals surface area contributed by atoms with Gasteiger partial charge in [-0.05, 0) is 44.1 Å². The van der Waals surface area contributed by atoms with E-state index in [4.69, 9.17) is 4.74 Å². The summed E-state index contributed by atoms with van der Waals surface area (Å²) in [6.07, 6.45) is 6.93. The highest BCUT2D eigenvalue weighted by molar-refractivity contribution is 5.74. The van der Waals surface area contributed by atoms with E-state index < -0.39 is 0 Å². The highest BCUT2D eigenvalue weighted by atomic mass is 16.5. The molecule has 0 aromatic heterocycles. The van der Waals surface area contributed by atoms with Crippen LogP contribution in [0.2, 0.25) is 0 Å². The fourth-order valence-electron chi connectivity index (χ4n) is 3.69. The number of benzene rings is 1. The lowest BCUT2D eigenvalue weighted by Gasteiger charge is -2.27. The van der Waals surface area contributed by atoms with Crippen molar-refractivity contribution in [1.82, 2.24) is 15.5 Å². The number of hydrogen-bond donors (Lipinski definition) is 2. The maximum Gasteiger partial charge on any atom is 0.315 e. The Bertz CT molecular complexity index is 568. The molecule has 1 atom stereocenters. The summed E-state index contributed by atoms with van der Waals surface area (Å²) in [6.45, 7) is 1.37. The van der Waals surface area contributed by atoms with Crippen molar-refractivity contribution < 1.29 is 9.53 Å². The lowest BCUT2D eigenvalue weighted by molar-refractivity contribution is 0.225. The van der Waals surface area contributed by atoms with E-state index in [1.54, 1.807) is 0 Å². The van der Waals surface area contributed by atoms with Gasteiger partial charge >= 0.3 is 6.03 Å². The number of ether oxygens (including phenoxy) is 1. The van der Waals surface area contributed by atoms with Gasteiger partial charge in [0.1, 0.15) is 5.75 Å². The topological polar surface area (TPSA) is 53.6 Å². The number of rotatable bonds is 5. The van der Waals surface area contributed by atoms with Crippen LogP contribution in [-0.4, -0.2) is 44.2 Å². The molecule has 1 heterocycles. The van der Waals surface area contributed by atoms with Gasteiger partial charge < -0.3 is 20.3 Å². The number of likely N-dealkylation sites (N-methyl/N-ethyl adjacent to an activating group) is 1. The van der Waals surface area contributed by atoms with Crippen LogP contribution in [0.5, 0.6) is 5.75 Å². The van der Waals surface area contributed by atoms with Crippen LogP contribution in [0.3, 0.4) is 0 Å². The maximum atomic E-state index is 12.2. The molecule has 2 N–H and O–H groups in total. The minimum absolute atomic E-state index is 0.0433. The predicted molar refractivity (Wildman–Crippen MR) is 95.5 cm³/mol. The second-order valence-electron chi connectivity index (χ2n) is 7.13. The lowest BCUT2D eigenvalue weighted by Crippen LogP contribution is -2.45. The van der Waals surface area contributed by atoms with Crippen LogP contribution in [0.1, 0.15) is 49.3 Å². The average molecular weight is 331 g/mol. The second kappa shape index (κ2) is 7.88. The quantitative estimate of drug-likeness (QED) is 0.872. The Labute approximate surface area is 144 Å². The van der Waals surface area contributed by atoms with Gasteiger partial charge in [0, 0.05) is 19.0 Å². The van der Waals surface area contributed by atoms with Crippen LogP contribution in [0.4, 0.5) is 4.79 Å². The normalized spacial score (nSPS) is 18.8. The van der Waals surface area contributed by atoms with Crippen molar-refractivity contribution in [3.05, 3.63) is 29.3 Å². The predicted octanol–water partition coefficient (Wildman–Crippen LogP) is 2.86. The first-order chi connectivity index (χ1) is 11.6. The number of nitrogens with zero attached hydrogens (tertiary/aromatic N) is 1. The zero-order chi connectivity index (χ0) is 16.9. The van der Waals surface area contributed by atoms with Crippen molar-refractivity contribution in [2.45, 2.75) is 50.6 Å². The van der Waals surface area contributed by atoms with Gasteiger partial charge in [0.2, 0.25) is 0 Å². The van der Waals surface area contributed by atoms with E-state index in [0.717, 1.165) is 31.6 Å². The smallest absolute Gasteiger partial charge is 0.315 e. The summed E-state index contributed by atoms with van der Waals surface area (Å²) < 4.78 is 5.58. The van der Waals surface area contributed by atoms with E-state index in [-0.39, 0.29) is 12.1 Å². The number of hydrogen-bond acceptors (Lipinski definition) is 3. The monoisotopic (exact) mass is 331 g/mol. The van der Waals surface area contributed by atoms with Crippen LogP contribution < -0.4 is 15.4 Å². The van der Waals surface area contributed by atoms with E-state index in [2.05, 4.69) is 47.8 Å². The van der Waals surface area contributed by atoms with E-state index in [9.17, 15) is 4.79 Å². The molecule has 24 heavy (non-hydrogen) atoms. The van der Waals surface area contributed by atoms with Crippen LogP contribution in [-0.2, 0) is 6.42 Å². The van der Waals surface area contributed by atoms with E-state index in [1.807, 2.05) is 0 Å². The molecule has 132 valence electrons. The van der Waals surface area contributed by atoms with Gasteiger partial charge in [-0.15, -0.1) is 0 Å². The van der Waals surface area contributed by atoms with Gasteiger partial charge in [-0.1, -0.05) is 31.4 Å². The Balaban J connectivity index is 1.57. The highest BCUT2D eigenvalue weighted by Gasteiger charge is 2.20. The number of nitrogens with one attached hydrogen (secondary N) is 2. The minimum atomic E-state index is -0.0433. The van der Waals surface area contributed by atoms with E-state index >= 15 is 0 Å². The van der Waals surface area contributed by atoms with Crippen LogP contribution in [0.15, 0.2) is 18.2 Å². The molecule has 0 radical (unpaired) electrons. The third kappa shape index (κ3) is 4.20. The summed E-state index contributed by atoms with van der Waals surface area (Å²) in [5.41, 5.74) is 2.49. The Hall–Kier alpha value is -1.75. The van der Waals surface area contributed by atoms with Gasteiger partial charge in [-0.2, -0.15) is 0 Å². The Morgan fingerprint density at radius 1 is 1.29 bits per heavy atom. The minimum Gasteiger partial charge on any atom is -0.493 e. The molecule has 5 nitrogen and oxygen atoms in total. The number of amides is 2. The zero-order valence-corrected chi connectivity index (χ0v) is 14.8. The third-order valence-electron chi connectivity index (χ3n) is 5.12. The third-order valence-corrected chi connectivity index (χ3v) is 5.12. The number of carbonyl (C=O) groups excluding carboxylic acids is 1. The molecular formula is C19H29N3O2. The van der Waals surface area contributed by atoms with Crippen molar-refractivity contribution in [3.63, 3.8) is 0 Å². The largest absolute Gasteiger partial charge is 0.493 e. The zero-order valence-electron chi connectivity index (χ0n) is 14.8. The summed E-state index contributed by atoms with van der Waals surface area (Å²) in [6, 6.07) is 6.83. The summed E-state index contributed by atoms with van der Waals surface area (Å²) in [4.78, 5) is 14.3. The number of urea groups is 1. The summed E-state index contributed by atoms with van der Waals surface area (Å²) in [5.74, 6) is 0.999. The molecule has 3 rings (SSSR count). The fourth-order valence-corrected chi connectivity index (χ4v) is 3.69. The molecule has 1 saturated carbocycles. The summed E-state index contributed by atoms with van der Waals surface area (Å²) >= 11 is 0. The standard InChI is InChI=1S/C19H29N3O2/c1-22(2)17(14-8-9-18-15(12-14)10-11-24-18)13-20-19(23)21-16-6-4-3-5-7-16/h8-9,12,16-17H,3-7,10-11,13H2,1-2H3,(H2,20,21,23). The average Bonchev–Trinajstić information content (AvgIpc) is 3.03. The molecule has 1 aliphatic carbocycles. The fraction of sp³-hybridized carbons (Fsp3) is 0.632. The first-order valence-corrected chi connectivity index (χ1v) is 9.10. The van der Waals surface area contributed by atoms with Crippen molar-refractivity contribution in [2.75, 3.05) is 27.2 Å². The molecule has 5 heteroatoms. The van der Waals surface area contributed by atoms with Gasteiger partial charge in [-0.3, -0.25) is 0 Å². The van der Waals surface area contributed by atoms with Gasteiger partial charge in [0.25, 0.3) is 0 Å². The van der Waals surface area contributed by atoms with Crippen molar-refractivity contribution >= 4 is 6.03 Å². The SMILES string of the molecule is CN(C)C(CNC(=O)NC1CCCCC1)c1ccc2c(c1)CCO2. The molecule has 2 aliphatic rings.